The van der Waals surface area contributed by atoms with Crippen LogP contribution in [0.5, 0.6) is 0 Å². The molecule has 0 saturated carbocycles. The van der Waals surface area contributed by atoms with E-state index in [0.717, 1.165) is 10.4 Å². The number of sulfonamides is 1. The van der Waals surface area contributed by atoms with Crippen molar-refractivity contribution in [2.24, 2.45) is 5.73 Å². The number of methoxy groups -OCH3 is 1. The Kier molecular flexibility index (Phi) is 5.74. The normalized spacial score (nSPS) is 13.8. The molecular weight excluding hydrogens is 272 g/mol. The fourth-order valence-electron chi connectivity index (χ4n) is 1.50. The Morgan fingerprint density at radius 2 is 2.22 bits per heavy atom. The van der Waals surface area contributed by atoms with Crippen LogP contribution < -0.4 is 10.5 Å². The molecule has 0 spiro atoms. The molecule has 0 aliphatic heterocycles. The maximum Gasteiger partial charge on any atom is 0.250 e. The number of aryl methyl sites for hydroxylation is 1. The fourth-order valence-corrected chi connectivity index (χ4v) is 4.26. The SMILES string of the molecule is COCCC(C)NS(=O)(=O)c1cc(C)c(CN)s1. The van der Waals surface area contributed by atoms with E-state index in [1.54, 1.807) is 13.2 Å². The van der Waals surface area contributed by atoms with E-state index < -0.39 is 10.0 Å². The number of ether oxygens (including phenoxy) is 1. The van der Waals surface area contributed by atoms with Crippen molar-refractivity contribution >= 4 is 21.4 Å². The molecule has 0 amide bonds. The quantitative estimate of drug-likeness (QED) is 0.791. The Bertz CT molecular complexity index is 482. The first-order valence-corrected chi connectivity index (χ1v) is 8.01. The average molecular weight is 292 g/mol. The molecule has 1 aromatic rings. The standard InChI is InChI=1S/C11H20N2O3S2/c1-8-6-11(17-10(8)7-12)18(14,15)13-9(2)4-5-16-3/h6,9,13H,4-5,7,12H2,1-3H3. The van der Waals surface area contributed by atoms with E-state index in [-0.39, 0.29) is 6.04 Å². The average Bonchev–Trinajstić information content (AvgIpc) is 2.68. The summed E-state index contributed by atoms with van der Waals surface area (Å²) in [7, 11) is -1.85. The molecule has 1 atom stereocenters. The Balaban J connectivity index is 2.79. The van der Waals surface area contributed by atoms with Crippen LogP contribution in [-0.4, -0.2) is 28.2 Å². The highest BCUT2D eigenvalue weighted by atomic mass is 32.2. The molecule has 0 saturated heterocycles. The fraction of sp³-hybridized carbons (Fsp3) is 0.636. The van der Waals surface area contributed by atoms with Crippen LogP contribution in [0.2, 0.25) is 0 Å². The number of rotatable bonds is 7. The van der Waals surface area contributed by atoms with Gasteiger partial charge in [0.15, 0.2) is 0 Å². The van der Waals surface area contributed by atoms with Gasteiger partial charge in [0.05, 0.1) is 0 Å². The molecule has 0 aliphatic carbocycles. The third kappa shape index (κ3) is 4.03. The molecule has 7 heteroatoms. The van der Waals surface area contributed by atoms with Gasteiger partial charge in [-0.15, -0.1) is 11.3 Å². The van der Waals surface area contributed by atoms with Gasteiger partial charge in [-0.25, -0.2) is 13.1 Å². The zero-order valence-electron chi connectivity index (χ0n) is 10.9. The summed E-state index contributed by atoms with van der Waals surface area (Å²) < 4.78 is 32.1. The molecule has 18 heavy (non-hydrogen) atoms. The Labute approximate surface area is 112 Å². The van der Waals surface area contributed by atoms with E-state index in [9.17, 15) is 8.42 Å². The van der Waals surface area contributed by atoms with Crippen molar-refractivity contribution in [3.63, 3.8) is 0 Å². The Morgan fingerprint density at radius 3 is 2.72 bits per heavy atom. The van der Waals surface area contributed by atoms with E-state index in [1.807, 2.05) is 13.8 Å². The Morgan fingerprint density at radius 1 is 1.56 bits per heavy atom. The van der Waals surface area contributed by atoms with Crippen molar-refractivity contribution in [3.05, 3.63) is 16.5 Å². The van der Waals surface area contributed by atoms with Crippen LogP contribution in [0.25, 0.3) is 0 Å². The first-order valence-electron chi connectivity index (χ1n) is 5.71. The van der Waals surface area contributed by atoms with Gasteiger partial charge >= 0.3 is 0 Å². The third-order valence-electron chi connectivity index (χ3n) is 2.56. The molecule has 5 nitrogen and oxygen atoms in total. The van der Waals surface area contributed by atoms with Crippen LogP contribution in [0.15, 0.2) is 10.3 Å². The molecule has 0 aliphatic rings. The number of hydrogen-bond donors (Lipinski definition) is 2. The van der Waals surface area contributed by atoms with Gasteiger partial charge in [-0.05, 0) is 31.9 Å². The molecule has 1 rings (SSSR count). The highest BCUT2D eigenvalue weighted by Crippen LogP contribution is 2.25. The van der Waals surface area contributed by atoms with Crippen LogP contribution in [0.1, 0.15) is 23.8 Å². The summed E-state index contributed by atoms with van der Waals surface area (Å²) in [6.07, 6.45) is 0.643. The highest BCUT2D eigenvalue weighted by Gasteiger charge is 2.20. The largest absolute Gasteiger partial charge is 0.385 e. The monoisotopic (exact) mass is 292 g/mol. The van der Waals surface area contributed by atoms with Gasteiger partial charge in [0.1, 0.15) is 4.21 Å². The van der Waals surface area contributed by atoms with Crippen molar-refractivity contribution in [2.45, 2.75) is 37.1 Å². The summed E-state index contributed by atoms with van der Waals surface area (Å²) >= 11 is 1.23. The lowest BCUT2D eigenvalue weighted by Crippen LogP contribution is -2.32. The Hall–Kier alpha value is -0.470. The predicted octanol–water partition coefficient (Wildman–Crippen LogP) is 1.22. The minimum atomic E-state index is -3.44. The van der Waals surface area contributed by atoms with Gasteiger partial charge in [0.25, 0.3) is 0 Å². The van der Waals surface area contributed by atoms with Crippen molar-refractivity contribution < 1.29 is 13.2 Å². The summed E-state index contributed by atoms with van der Waals surface area (Å²) in [5.41, 5.74) is 6.48. The van der Waals surface area contributed by atoms with Gasteiger partial charge in [-0.3, -0.25) is 0 Å². The topological polar surface area (TPSA) is 81.4 Å². The van der Waals surface area contributed by atoms with Crippen molar-refractivity contribution in [2.75, 3.05) is 13.7 Å². The summed E-state index contributed by atoms with van der Waals surface area (Å²) in [6, 6.07) is 1.51. The molecule has 1 aromatic heterocycles. The van der Waals surface area contributed by atoms with Crippen LogP contribution in [-0.2, 0) is 21.3 Å². The zero-order valence-corrected chi connectivity index (χ0v) is 12.5. The molecular formula is C11H20N2O3S2. The zero-order chi connectivity index (χ0) is 13.8. The van der Waals surface area contributed by atoms with Crippen molar-refractivity contribution in [1.29, 1.82) is 0 Å². The molecule has 1 unspecified atom stereocenters. The van der Waals surface area contributed by atoms with E-state index in [2.05, 4.69) is 4.72 Å². The first kappa shape index (κ1) is 15.6. The molecule has 3 N–H and O–H groups in total. The van der Waals surface area contributed by atoms with E-state index in [0.29, 0.717) is 23.8 Å². The highest BCUT2D eigenvalue weighted by molar-refractivity contribution is 7.91. The maximum absolute atomic E-state index is 12.1. The van der Waals surface area contributed by atoms with Crippen molar-refractivity contribution in [3.8, 4) is 0 Å². The number of nitrogens with two attached hydrogens (primary N) is 1. The minimum absolute atomic E-state index is 0.154. The smallest absolute Gasteiger partial charge is 0.250 e. The number of hydrogen-bond acceptors (Lipinski definition) is 5. The number of thiophene rings is 1. The van der Waals surface area contributed by atoms with Crippen LogP contribution >= 0.6 is 11.3 Å². The summed E-state index contributed by atoms with van der Waals surface area (Å²) in [6.45, 7) is 4.58. The third-order valence-corrected chi connectivity index (χ3v) is 5.88. The molecule has 0 fully saturated rings. The van der Waals surface area contributed by atoms with Gasteiger partial charge in [0, 0.05) is 31.2 Å². The lowest BCUT2D eigenvalue weighted by atomic mass is 10.3. The van der Waals surface area contributed by atoms with E-state index in [1.165, 1.54) is 11.3 Å². The molecule has 0 radical (unpaired) electrons. The van der Waals surface area contributed by atoms with Crippen LogP contribution in [0.4, 0.5) is 0 Å². The minimum Gasteiger partial charge on any atom is -0.385 e. The van der Waals surface area contributed by atoms with Gasteiger partial charge in [-0.1, -0.05) is 0 Å². The lowest BCUT2D eigenvalue weighted by molar-refractivity contribution is 0.188. The maximum atomic E-state index is 12.1. The molecule has 104 valence electrons. The second-order valence-electron chi connectivity index (χ2n) is 4.18. The number of nitrogens with one attached hydrogen (secondary N) is 1. The molecule has 1 heterocycles. The van der Waals surface area contributed by atoms with E-state index in [4.69, 9.17) is 10.5 Å². The predicted molar refractivity (Wildman–Crippen MR) is 73.2 cm³/mol. The second-order valence-corrected chi connectivity index (χ2v) is 7.26. The summed E-state index contributed by atoms with van der Waals surface area (Å²) in [4.78, 5) is 0.903. The first-order chi connectivity index (χ1) is 8.40. The molecule has 0 bridgehead atoms. The summed E-state index contributed by atoms with van der Waals surface area (Å²) in [5.74, 6) is 0. The van der Waals surface area contributed by atoms with E-state index >= 15 is 0 Å². The van der Waals surface area contributed by atoms with Gasteiger partial charge in [0.2, 0.25) is 10.0 Å². The van der Waals surface area contributed by atoms with Crippen LogP contribution in [0, 0.1) is 6.92 Å². The van der Waals surface area contributed by atoms with Gasteiger partial charge < -0.3 is 10.5 Å². The molecule has 0 aromatic carbocycles. The second kappa shape index (κ2) is 6.63. The van der Waals surface area contributed by atoms with Crippen LogP contribution in [0.3, 0.4) is 0 Å². The summed E-state index contributed by atoms with van der Waals surface area (Å²) in [5, 5.41) is 0. The van der Waals surface area contributed by atoms with Crippen molar-refractivity contribution in [1.82, 2.24) is 4.72 Å². The van der Waals surface area contributed by atoms with Gasteiger partial charge in [-0.2, -0.15) is 0 Å². The lowest BCUT2D eigenvalue weighted by Gasteiger charge is -2.12.